The summed E-state index contributed by atoms with van der Waals surface area (Å²) in [6.07, 6.45) is 6.92. The SMILES string of the molecule is CC1CCCC(n2c(CCCl)nc3cc(F)ccc32)CC1. The summed E-state index contributed by atoms with van der Waals surface area (Å²) in [5.41, 5.74) is 1.81. The second kappa shape index (κ2) is 6.35. The first-order valence-electron chi connectivity index (χ1n) is 7.91. The first-order valence-corrected chi connectivity index (χ1v) is 8.45. The monoisotopic (exact) mass is 308 g/mol. The third kappa shape index (κ3) is 3.08. The Bertz CT molecular complexity index is 623. The van der Waals surface area contributed by atoms with Gasteiger partial charge in [0.1, 0.15) is 11.6 Å². The standard InChI is InChI=1S/C17H22ClFN2/c1-12-3-2-4-14(7-5-12)21-16-8-6-13(19)11-15(16)20-17(21)9-10-18/h6,8,11-12,14H,2-5,7,9-10H2,1H3. The molecule has 1 aromatic carbocycles. The highest BCUT2D eigenvalue weighted by Crippen LogP contribution is 2.34. The number of aromatic nitrogens is 2. The molecular weight excluding hydrogens is 287 g/mol. The number of aryl methyl sites for hydroxylation is 1. The maximum absolute atomic E-state index is 13.4. The Kier molecular flexibility index (Phi) is 4.48. The van der Waals surface area contributed by atoms with Crippen molar-refractivity contribution < 1.29 is 4.39 Å². The lowest BCUT2D eigenvalue weighted by molar-refractivity contribution is 0.431. The molecule has 1 heterocycles. The van der Waals surface area contributed by atoms with Crippen molar-refractivity contribution in [2.75, 3.05) is 5.88 Å². The second-order valence-corrected chi connectivity index (χ2v) is 6.62. The summed E-state index contributed by atoms with van der Waals surface area (Å²) < 4.78 is 15.8. The number of imidazole rings is 1. The zero-order valence-electron chi connectivity index (χ0n) is 12.5. The summed E-state index contributed by atoms with van der Waals surface area (Å²) >= 11 is 5.93. The number of fused-ring (bicyclic) bond motifs is 1. The molecule has 0 saturated heterocycles. The highest BCUT2D eigenvalue weighted by atomic mass is 35.5. The van der Waals surface area contributed by atoms with Gasteiger partial charge in [-0.05, 0) is 37.3 Å². The van der Waals surface area contributed by atoms with E-state index in [9.17, 15) is 4.39 Å². The molecule has 0 N–H and O–H groups in total. The average molecular weight is 309 g/mol. The minimum atomic E-state index is -0.223. The number of rotatable bonds is 3. The van der Waals surface area contributed by atoms with E-state index in [0.29, 0.717) is 11.9 Å². The van der Waals surface area contributed by atoms with Crippen molar-refractivity contribution in [1.82, 2.24) is 9.55 Å². The molecule has 2 unspecified atom stereocenters. The van der Waals surface area contributed by atoms with Crippen LogP contribution in [0.15, 0.2) is 18.2 Å². The first kappa shape index (κ1) is 14.8. The molecular formula is C17H22ClFN2. The minimum Gasteiger partial charge on any atom is -0.325 e. The molecule has 0 aliphatic heterocycles. The van der Waals surface area contributed by atoms with Crippen LogP contribution >= 0.6 is 11.6 Å². The number of hydrogen-bond acceptors (Lipinski definition) is 1. The van der Waals surface area contributed by atoms with E-state index in [1.165, 1.54) is 44.2 Å². The normalized spacial score (nSPS) is 23.4. The maximum atomic E-state index is 13.4. The van der Waals surface area contributed by atoms with Crippen LogP contribution < -0.4 is 0 Å². The fourth-order valence-electron chi connectivity index (χ4n) is 3.52. The zero-order valence-corrected chi connectivity index (χ0v) is 13.2. The van der Waals surface area contributed by atoms with Crippen LogP contribution in [-0.4, -0.2) is 15.4 Å². The lowest BCUT2D eigenvalue weighted by Crippen LogP contribution is -2.12. The van der Waals surface area contributed by atoms with Gasteiger partial charge in [-0.15, -0.1) is 11.6 Å². The molecule has 3 rings (SSSR count). The fourth-order valence-corrected chi connectivity index (χ4v) is 3.68. The minimum absolute atomic E-state index is 0.223. The highest BCUT2D eigenvalue weighted by Gasteiger charge is 2.22. The van der Waals surface area contributed by atoms with Crippen LogP contribution in [-0.2, 0) is 6.42 Å². The summed E-state index contributed by atoms with van der Waals surface area (Å²) in [7, 11) is 0. The molecule has 0 spiro atoms. The summed E-state index contributed by atoms with van der Waals surface area (Å²) in [6.45, 7) is 2.34. The lowest BCUT2D eigenvalue weighted by Gasteiger charge is -2.20. The largest absolute Gasteiger partial charge is 0.325 e. The van der Waals surface area contributed by atoms with Gasteiger partial charge >= 0.3 is 0 Å². The van der Waals surface area contributed by atoms with Crippen LogP contribution in [0, 0.1) is 11.7 Å². The topological polar surface area (TPSA) is 17.8 Å². The van der Waals surface area contributed by atoms with Gasteiger partial charge in [0.15, 0.2) is 0 Å². The van der Waals surface area contributed by atoms with Crippen molar-refractivity contribution in [3.05, 3.63) is 29.8 Å². The average Bonchev–Trinajstić information content (AvgIpc) is 2.65. The zero-order chi connectivity index (χ0) is 14.8. The van der Waals surface area contributed by atoms with Crippen LogP contribution in [0.25, 0.3) is 11.0 Å². The van der Waals surface area contributed by atoms with Crippen LogP contribution in [0.4, 0.5) is 4.39 Å². The quantitative estimate of drug-likeness (QED) is 0.570. The fraction of sp³-hybridized carbons (Fsp3) is 0.588. The lowest BCUT2D eigenvalue weighted by atomic mass is 10.0. The van der Waals surface area contributed by atoms with Crippen LogP contribution in [0.5, 0.6) is 0 Å². The van der Waals surface area contributed by atoms with Crippen LogP contribution in [0.1, 0.15) is 50.9 Å². The molecule has 114 valence electrons. The second-order valence-electron chi connectivity index (χ2n) is 6.24. The van der Waals surface area contributed by atoms with Gasteiger partial charge in [0.05, 0.1) is 11.0 Å². The maximum Gasteiger partial charge on any atom is 0.125 e. The van der Waals surface area contributed by atoms with Gasteiger partial charge < -0.3 is 4.57 Å². The van der Waals surface area contributed by atoms with Gasteiger partial charge in [-0.3, -0.25) is 0 Å². The molecule has 0 amide bonds. The van der Waals surface area contributed by atoms with Crippen molar-refractivity contribution in [3.8, 4) is 0 Å². The van der Waals surface area contributed by atoms with E-state index in [2.05, 4.69) is 16.5 Å². The summed E-state index contributed by atoms with van der Waals surface area (Å²) in [4.78, 5) is 4.63. The highest BCUT2D eigenvalue weighted by molar-refractivity contribution is 6.17. The molecule has 21 heavy (non-hydrogen) atoms. The Labute approximate surface area is 130 Å². The molecule has 1 aliphatic rings. The van der Waals surface area contributed by atoms with Gasteiger partial charge in [-0.1, -0.05) is 19.8 Å². The predicted molar refractivity (Wildman–Crippen MR) is 85.4 cm³/mol. The number of alkyl halides is 1. The molecule has 1 fully saturated rings. The Balaban J connectivity index is 2.03. The first-order chi connectivity index (χ1) is 10.2. The molecule has 2 nitrogen and oxygen atoms in total. The van der Waals surface area contributed by atoms with E-state index in [4.69, 9.17) is 11.6 Å². The molecule has 2 aromatic rings. The predicted octanol–water partition coefficient (Wildman–Crippen LogP) is 5.10. The van der Waals surface area contributed by atoms with Crippen LogP contribution in [0.2, 0.25) is 0 Å². The van der Waals surface area contributed by atoms with Gasteiger partial charge in [0, 0.05) is 24.4 Å². The van der Waals surface area contributed by atoms with Gasteiger partial charge in [-0.2, -0.15) is 0 Å². The number of hydrogen-bond donors (Lipinski definition) is 0. The van der Waals surface area contributed by atoms with Crippen LogP contribution in [0.3, 0.4) is 0 Å². The molecule has 1 aliphatic carbocycles. The smallest absolute Gasteiger partial charge is 0.125 e. The molecule has 0 radical (unpaired) electrons. The summed E-state index contributed by atoms with van der Waals surface area (Å²) in [5, 5.41) is 0. The van der Waals surface area contributed by atoms with E-state index in [1.54, 1.807) is 0 Å². The summed E-state index contributed by atoms with van der Waals surface area (Å²) in [5.74, 6) is 2.14. The Hall–Kier alpha value is -1.09. The van der Waals surface area contributed by atoms with Crippen molar-refractivity contribution in [2.45, 2.75) is 51.5 Å². The Morgan fingerprint density at radius 1 is 1.29 bits per heavy atom. The molecule has 1 saturated carbocycles. The van der Waals surface area contributed by atoms with Gasteiger partial charge in [0.25, 0.3) is 0 Å². The van der Waals surface area contributed by atoms with Gasteiger partial charge in [-0.25, -0.2) is 9.37 Å². The molecule has 4 heteroatoms. The Morgan fingerprint density at radius 2 is 2.14 bits per heavy atom. The van der Waals surface area contributed by atoms with Crippen molar-refractivity contribution >= 4 is 22.6 Å². The van der Waals surface area contributed by atoms with Crippen molar-refractivity contribution in [3.63, 3.8) is 0 Å². The molecule has 1 aromatic heterocycles. The number of nitrogens with zero attached hydrogens (tertiary/aromatic N) is 2. The van der Waals surface area contributed by atoms with Gasteiger partial charge in [0.2, 0.25) is 0 Å². The number of benzene rings is 1. The molecule has 2 atom stereocenters. The van der Waals surface area contributed by atoms with E-state index in [0.717, 1.165) is 29.2 Å². The van der Waals surface area contributed by atoms with Crippen molar-refractivity contribution in [1.29, 1.82) is 0 Å². The van der Waals surface area contributed by atoms with E-state index in [1.807, 2.05) is 6.07 Å². The molecule has 0 bridgehead atoms. The van der Waals surface area contributed by atoms with Crippen molar-refractivity contribution in [2.24, 2.45) is 5.92 Å². The van der Waals surface area contributed by atoms with E-state index in [-0.39, 0.29) is 5.82 Å². The third-order valence-electron chi connectivity index (χ3n) is 4.63. The Morgan fingerprint density at radius 3 is 2.95 bits per heavy atom. The number of halogens is 2. The summed E-state index contributed by atoms with van der Waals surface area (Å²) in [6, 6.07) is 5.40. The van der Waals surface area contributed by atoms with E-state index < -0.39 is 0 Å². The third-order valence-corrected chi connectivity index (χ3v) is 4.82. The van der Waals surface area contributed by atoms with E-state index >= 15 is 0 Å².